The number of rotatable bonds is 1. The zero-order valence-electron chi connectivity index (χ0n) is 11.7. The van der Waals surface area contributed by atoms with E-state index < -0.39 is 0 Å². The van der Waals surface area contributed by atoms with Crippen molar-refractivity contribution in [2.45, 2.75) is 44.9 Å². The Hall–Kier alpha value is -1.64. The highest BCUT2D eigenvalue weighted by atomic mass is 15.1. The molecule has 0 saturated heterocycles. The third kappa shape index (κ3) is 1.14. The standard InChI is InChI=1S/C16H19N3/c1-15(2)10-7-8-16(15,3)14-12(10)13(18-19-14)11-6-4-5-9-17-11/h4-6,9-10H,7-8H2,1-3H3,(H,18,19). The molecule has 0 spiro atoms. The van der Waals surface area contributed by atoms with E-state index in [-0.39, 0.29) is 5.41 Å². The smallest absolute Gasteiger partial charge is 0.114 e. The Kier molecular flexibility index (Phi) is 1.93. The van der Waals surface area contributed by atoms with Crippen LogP contribution in [0.25, 0.3) is 11.4 Å². The quantitative estimate of drug-likeness (QED) is 0.843. The van der Waals surface area contributed by atoms with E-state index in [1.165, 1.54) is 24.1 Å². The summed E-state index contributed by atoms with van der Waals surface area (Å²) in [5, 5.41) is 7.89. The van der Waals surface area contributed by atoms with Crippen LogP contribution < -0.4 is 0 Å². The van der Waals surface area contributed by atoms with Crippen LogP contribution >= 0.6 is 0 Å². The third-order valence-corrected chi connectivity index (χ3v) is 5.84. The van der Waals surface area contributed by atoms with Crippen molar-refractivity contribution in [2.75, 3.05) is 0 Å². The Bertz CT molecular complexity index is 641. The maximum absolute atomic E-state index is 4.57. The van der Waals surface area contributed by atoms with Gasteiger partial charge in [0.25, 0.3) is 0 Å². The van der Waals surface area contributed by atoms with Gasteiger partial charge in [0, 0.05) is 22.9 Å². The summed E-state index contributed by atoms with van der Waals surface area (Å²) in [6.07, 6.45) is 4.38. The highest BCUT2D eigenvalue weighted by Gasteiger charge is 2.61. The van der Waals surface area contributed by atoms with E-state index >= 15 is 0 Å². The van der Waals surface area contributed by atoms with Crippen molar-refractivity contribution in [1.29, 1.82) is 0 Å². The zero-order chi connectivity index (χ0) is 13.3. The van der Waals surface area contributed by atoms with Crippen LogP contribution in [0.4, 0.5) is 0 Å². The molecule has 2 unspecified atom stereocenters. The van der Waals surface area contributed by atoms with Crippen LogP contribution in [-0.4, -0.2) is 15.2 Å². The Morgan fingerprint density at radius 1 is 1.26 bits per heavy atom. The van der Waals surface area contributed by atoms with Crippen molar-refractivity contribution < 1.29 is 0 Å². The van der Waals surface area contributed by atoms with E-state index in [1.807, 2.05) is 18.3 Å². The second-order valence-electron chi connectivity index (χ2n) is 6.72. The number of nitrogens with zero attached hydrogens (tertiary/aromatic N) is 2. The lowest BCUT2D eigenvalue weighted by Gasteiger charge is -2.34. The molecule has 3 nitrogen and oxygen atoms in total. The van der Waals surface area contributed by atoms with Crippen molar-refractivity contribution in [1.82, 2.24) is 15.2 Å². The highest BCUT2D eigenvalue weighted by Crippen LogP contribution is 2.68. The molecule has 19 heavy (non-hydrogen) atoms. The van der Waals surface area contributed by atoms with Gasteiger partial charge in [-0.2, -0.15) is 5.10 Å². The van der Waals surface area contributed by atoms with Gasteiger partial charge in [0.15, 0.2) is 0 Å². The van der Waals surface area contributed by atoms with Gasteiger partial charge in [-0.05, 0) is 36.3 Å². The number of nitrogens with one attached hydrogen (secondary N) is 1. The topological polar surface area (TPSA) is 41.6 Å². The predicted octanol–water partition coefficient (Wildman–Crippen LogP) is 3.65. The molecule has 2 bridgehead atoms. The molecule has 2 aliphatic carbocycles. The first-order valence-corrected chi connectivity index (χ1v) is 7.06. The summed E-state index contributed by atoms with van der Waals surface area (Å²) in [5.41, 5.74) is 5.41. The first kappa shape index (κ1) is 11.2. The summed E-state index contributed by atoms with van der Waals surface area (Å²) in [6, 6.07) is 6.04. The number of pyridine rings is 1. The van der Waals surface area contributed by atoms with Gasteiger partial charge >= 0.3 is 0 Å². The molecule has 1 N–H and O–H groups in total. The molecule has 0 radical (unpaired) electrons. The Labute approximate surface area is 113 Å². The largest absolute Gasteiger partial charge is 0.281 e. The van der Waals surface area contributed by atoms with E-state index in [4.69, 9.17) is 0 Å². The van der Waals surface area contributed by atoms with Crippen molar-refractivity contribution in [3.8, 4) is 11.4 Å². The molecule has 2 atom stereocenters. The second kappa shape index (κ2) is 3.27. The van der Waals surface area contributed by atoms with Crippen molar-refractivity contribution >= 4 is 0 Å². The number of aromatic amines is 1. The minimum Gasteiger partial charge on any atom is -0.281 e. The molecule has 1 fully saturated rings. The predicted molar refractivity (Wildman–Crippen MR) is 74.9 cm³/mol. The summed E-state index contributed by atoms with van der Waals surface area (Å²) in [7, 11) is 0. The van der Waals surface area contributed by atoms with Gasteiger partial charge in [0.05, 0.1) is 5.69 Å². The van der Waals surface area contributed by atoms with Gasteiger partial charge in [-0.15, -0.1) is 0 Å². The number of hydrogen-bond donors (Lipinski definition) is 1. The molecule has 3 heteroatoms. The first-order chi connectivity index (χ1) is 9.06. The van der Waals surface area contributed by atoms with Gasteiger partial charge in [-0.1, -0.05) is 26.8 Å². The number of fused-ring (bicyclic) bond motifs is 5. The van der Waals surface area contributed by atoms with Crippen LogP contribution in [0.2, 0.25) is 0 Å². The van der Waals surface area contributed by atoms with Crippen LogP contribution in [-0.2, 0) is 5.41 Å². The number of hydrogen-bond acceptors (Lipinski definition) is 2. The van der Waals surface area contributed by atoms with E-state index in [0.717, 1.165) is 11.4 Å². The lowest BCUT2D eigenvalue weighted by Crippen LogP contribution is -2.32. The molecule has 2 aliphatic rings. The molecule has 2 heterocycles. The van der Waals surface area contributed by atoms with Crippen molar-refractivity contribution in [3.63, 3.8) is 0 Å². The average molecular weight is 253 g/mol. The van der Waals surface area contributed by atoms with Gasteiger partial charge in [-0.25, -0.2) is 0 Å². The molecular formula is C16H19N3. The van der Waals surface area contributed by atoms with Crippen LogP contribution in [0.1, 0.15) is 50.8 Å². The first-order valence-electron chi connectivity index (χ1n) is 7.06. The molecule has 2 aromatic rings. The summed E-state index contributed by atoms with van der Waals surface area (Å²) >= 11 is 0. The molecular weight excluding hydrogens is 234 g/mol. The summed E-state index contributed by atoms with van der Waals surface area (Å²) in [5.74, 6) is 0.614. The summed E-state index contributed by atoms with van der Waals surface area (Å²) in [4.78, 5) is 4.47. The maximum atomic E-state index is 4.57. The lowest BCUT2D eigenvalue weighted by atomic mass is 9.70. The Balaban J connectivity index is 1.95. The number of aromatic nitrogens is 3. The minimum absolute atomic E-state index is 0.243. The fourth-order valence-electron chi connectivity index (χ4n) is 4.26. The van der Waals surface area contributed by atoms with E-state index in [0.29, 0.717) is 11.3 Å². The normalized spacial score (nSPS) is 30.6. The van der Waals surface area contributed by atoms with Gasteiger partial charge in [0.1, 0.15) is 5.69 Å². The average Bonchev–Trinajstić information content (AvgIpc) is 2.98. The van der Waals surface area contributed by atoms with E-state index in [2.05, 4.69) is 42.0 Å². The number of H-pyrrole nitrogens is 1. The Morgan fingerprint density at radius 2 is 2.11 bits per heavy atom. The third-order valence-electron chi connectivity index (χ3n) is 5.84. The van der Waals surface area contributed by atoms with Gasteiger partial charge in [0.2, 0.25) is 0 Å². The SMILES string of the molecule is CC12CCC(c3c(-c4ccccn4)n[nH]c31)C2(C)C. The fourth-order valence-corrected chi connectivity index (χ4v) is 4.26. The monoisotopic (exact) mass is 253 g/mol. The van der Waals surface area contributed by atoms with Crippen molar-refractivity contribution in [2.24, 2.45) is 5.41 Å². The van der Waals surface area contributed by atoms with Crippen molar-refractivity contribution in [3.05, 3.63) is 35.7 Å². The maximum Gasteiger partial charge on any atom is 0.114 e. The van der Waals surface area contributed by atoms with Gasteiger partial charge < -0.3 is 0 Å². The van der Waals surface area contributed by atoms with Gasteiger partial charge in [-0.3, -0.25) is 10.1 Å². The van der Waals surface area contributed by atoms with Crippen LogP contribution in [0.15, 0.2) is 24.4 Å². The molecule has 1 saturated carbocycles. The van der Waals surface area contributed by atoms with E-state index in [9.17, 15) is 0 Å². The molecule has 98 valence electrons. The summed E-state index contributed by atoms with van der Waals surface area (Å²) in [6.45, 7) is 7.20. The lowest BCUT2D eigenvalue weighted by molar-refractivity contribution is 0.225. The molecule has 0 amide bonds. The Morgan fingerprint density at radius 3 is 2.84 bits per heavy atom. The summed E-state index contributed by atoms with van der Waals surface area (Å²) < 4.78 is 0. The van der Waals surface area contributed by atoms with Crippen LogP contribution in [0.5, 0.6) is 0 Å². The van der Waals surface area contributed by atoms with E-state index in [1.54, 1.807) is 0 Å². The van der Waals surface area contributed by atoms with Crippen LogP contribution in [0.3, 0.4) is 0 Å². The molecule has 4 rings (SSSR count). The molecule has 2 aromatic heterocycles. The minimum atomic E-state index is 0.243. The highest BCUT2D eigenvalue weighted by molar-refractivity contribution is 5.65. The molecule has 0 aliphatic heterocycles. The second-order valence-corrected chi connectivity index (χ2v) is 6.72. The molecule has 0 aromatic carbocycles. The fraction of sp³-hybridized carbons (Fsp3) is 0.500. The van der Waals surface area contributed by atoms with Crippen LogP contribution in [0, 0.1) is 5.41 Å². The zero-order valence-corrected chi connectivity index (χ0v) is 11.7.